The number of hydrazine groups is 1. The van der Waals surface area contributed by atoms with E-state index < -0.39 is 0 Å². The Labute approximate surface area is 100 Å². The van der Waals surface area contributed by atoms with Crippen molar-refractivity contribution in [2.75, 3.05) is 13.1 Å². The van der Waals surface area contributed by atoms with Crippen LogP contribution in [0.25, 0.3) is 0 Å². The lowest BCUT2D eigenvalue weighted by molar-refractivity contribution is 0.0841. The Morgan fingerprint density at radius 1 is 1.50 bits per heavy atom. The van der Waals surface area contributed by atoms with Gasteiger partial charge in [0.05, 0.1) is 0 Å². The van der Waals surface area contributed by atoms with Crippen LogP contribution in [0.2, 0.25) is 0 Å². The van der Waals surface area contributed by atoms with Crippen LogP contribution in [0.1, 0.15) is 46.5 Å². The van der Waals surface area contributed by atoms with Gasteiger partial charge in [-0.1, -0.05) is 12.5 Å². The molecule has 1 rings (SSSR count). The second kappa shape index (κ2) is 5.80. The number of nitrogens with one attached hydrogen (secondary N) is 1. The SMILES string of the molecule is C=C(C)CC(NN)C(C)(CC)N1CCCC1. The molecular weight excluding hydrogens is 198 g/mol. The molecule has 0 radical (unpaired) electrons. The maximum absolute atomic E-state index is 5.73. The summed E-state index contributed by atoms with van der Waals surface area (Å²) in [5, 5.41) is 0. The topological polar surface area (TPSA) is 41.3 Å². The van der Waals surface area contributed by atoms with Gasteiger partial charge in [0.25, 0.3) is 0 Å². The van der Waals surface area contributed by atoms with Crippen LogP contribution in [0.3, 0.4) is 0 Å². The quantitative estimate of drug-likeness (QED) is 0.413. The molecule has 1 heterocycles. The van der Waals surface area contributed by atoms with Gasteiger partial charge >= 0.3 is 0 Å². The highest BCUT2D eigenvalue weighted by Gasteiger charge is 2.38. The number of likely N-dealkylation sites (tertiary alicyclic amines) is 1. The van der Waals surface area contributed by atoms with E-state index in [4.69, 9.17) is 5.84 Å². The molecule has 0 aromatic heterocycles. The van der Waals surface area contributed by atoms with E-state index in [1.54, 1.807) is 0 Å². The third-order valence-corrected chi connectivity index (χ3v) is 4.05. The predicted molar refractivity (Wildman–Crippen MR) is 70.0 cm³/mol. The fourth-order valence-electron chi connectivity index (χ4n) is 2.73. The molecule has 1 saturated heterocycles. The van der Waals surface area contributed by atoms with Crippen molar-refractivity contribution in [3.8, 4) is 0 Å². The summed E-state index contributed by atoms with van der Waals surface area (Å²) in [6.07, 6.45) is 4.71. The number of hydrogen-bond acceptors (Lipinski definition) is 3. The van der Waals surface area contributed by atoms with Crippen LogP contribution in [-0.2, 0) is 0 Å². The van der Waals surface area contributed by atoms with E-state index in [1.165, 1.54) is 31.5 Å². The van der Waals surface area contributed by atoms with Crippen LogP contribution in [-0.4, -0.2) is 29.6 Å². The van der Waals surface area contributed by atoms with Crippen LogP contribution in [0.4, 0.5) is 0 Å². The molecule has 3 nitrogen and oxygen atoms in total. The molecule has 3 heteroatoms. The molecule has 0 aromatic rings. The Hall–Kier alpha value is -0.380. The molecule has 2 atom stereocenters. The van der Waals surface area contributed by atoms with Gasteiger partial charge < -0.3 is 0 Å². The van der Waals surface area contributed by atoms with Crippen molar-refractivity contribution in [1.29, 1.82) is 0 Å². The zero-order chi connectivity index (χ0) is 12.2. The van der Waals surface area contributed by atoms with Crippen molar-refractivity contribution >= 4 is 0 Å². The minimum Gasteiger partial charge on any atom is -0.296 e. The summed E-state index contributed by atoms with van der Waals surface area (Å²) in [5.41, 5.74) is 4.35. The molecule has 3 N–H and O–H groups in total. The number of rotatable bonds is 6. The normalized spacial score (nSPS) is 23.0. The summed E-state index contributed by atoms with van der Waals surface area (Å²) in [4.78, 5) is 2.58. The number of hydrogen-bond donors (Lipinski definition) is 2. The lowest BCUT2D eigenvalue weighted by atomic mass is 9.84. The van der Waals surface area contributed by atoms with E-state index >= 15 is 0 Å². The minimum atomic E-state index is 0.157. The fourth-order valence-corrected chi connectivity index (χ4v) is 2.73. The zero-order valence-electron chi connectivity index (χ0n) is 11.1. The lowest BCUT2D eigenvalue weighted by Crippen LogP contribution is -2.60. The highest BCUT2D eigenvalue weighted by Crippen LogP contribution is 2.30. The van der Waals surface area contributed by atoms with E-state index in [2.05, 4.69) is 37.7 Å². The van der Waals surface area contributed by atoms with Gasteiger partial charge in [-0.05, 0) is 52.6 Å². The van der Waals surface area contributed by atoms with Crippen molar-refractivity contribution in [2.45, 2.75) is 58.0 Å². The van der Waals surface area contributed by atoms with E-state index in [0.29, 0.717) is 6.04 Å². The smallest absolute Gasteiger partial charge is 0.0428 e. The molecule has 0 aromatic carbocycles. The Balaban J connectivity index is 2.77. The average molecular weight is 225 g/mol. The van der Waals surface area contributed by atoms with E-state index in [1.807, 2.05) is 0 Å². The van der Waals surface area contributed by atoms with Crippen LogP contribution in [0.5, 0.6) is 0 Å². The molecule has 16 heavy (non-hydrogen) atoms. The molecular formula is C13H27N3. The van der Waals surface area contributed by atoms with E-state index in [9.17, 15) is 0 Å². The van der Waals surface area contributed by atoms with E-state index in [-0.39, 0.29) is 5.54 Å². The second-order valence-electron chi connectivity index (χ2n) is 5.29. The summed E-state index contributed by atoms with van der Waals surface area (Å²) in [6, 6.07) is 0.299. The molecule has 0 bridgehead atoms. The molecule has 0 spiro atoms. The van der Waals surface area contributed by atoms with Crippen molar-refractivity contribution < 1.29 is 0 Å². The van der Waals surface area contributed by atoms with Gasteiger partial charge in [-0.3, -0.25) is 16.2 Å². The van der Waals surface area contributed by atoms with Gasteiger partial charge in [0.15, 0.2) is 0 Å². The molecule has 0 saturated carbocycles. The highest BCUT2D eigenvalue weighted by atomic mass is 15.3. The van der Waals surface area contributed by atoms with Gasteiger partial charge in [-0.15, -0.1) is 6.58 Å². The summed E-state index contributed by atoms with van der Waals surface area (Å²) in [7, 11) is 0. The van der Waals surface area contributed by atoms with Crippen LogP contribution < -0.4 is 11.3 Å². The largest absolute Gasteiger partial charge is 0.296 e. The first-order chi connectivity index (χ1) is 7.54. The Morgan fingerprint density at radius 3 is 2.44 bits per heavy atom. The first-order valence-corrected chi connectivity index (χ1v) is 6.40. The van der Waals surface area contributed by atoms with Crippen molar-refractivity contribution in [3.05, 3.63) is 12.2 Å². The molecule has 94 valence electrons. The molecule has 2 unspecified atom stereocenters. The standard InChI is InChI=1S/C13H27N3/c1-5-13(4,16-8-6-7-9-16)12(15-14)10-11(2)3/h12,15H,2,5-10,14H2,1,3-4H3. The molecule has 0 amide bonds. The maximum atomic E-state index is 5.73. The highest BCUT2D eigenvalue weighted by molar-refractivity contribution is 5.03. The summed E-state index contributed by atoms with van der Waals surface area (Å²) in [6.45, 7) is 13.1. The van der Waals surface area contributed by atoms with Crippen LogP contribution in [0, 0.1) is 0 Å². The monoisotopic (exact) mass is 225 g/mol. The first kappa shape index (κ1) is 13.7. The molecule has 1 aliphatic rings. The Kier molecular flexibility index (Phi) is 4.96. The average Bonchev–Trinajstić information content (AvgIpc) is 2.78. The first-order valence-electron chi connectivity index (χ1n) is 6.40. The minimum absolute atomic E-state index is 0.157. The van der Waals surface area contributed by atoms with Crippen LogP contribution >= 0.6 is 0 Å². The van der Waals surface area contributed by atoms with Gasteiger partial charge in [0, 0.05) is 11.6 Å². The maximum Gasteiger partial charge on any atom is 0.0428 e. The van der Waals surface area contributed by atoms with Crippen LogP contribution in [0.15, 0.2) is 12.2 Å². The summed E-state index contributed by atoms with van der Waals surface area (Å²) < 4.78 is 0. The number of nitrogens with zero attached hydrogens (tertiary/aromatic N) is 1. The third kappa shape index (κ3) is 2.84. The van der Waals surface area contributed by atoms with Crippen molar-refractivity contribution in [1.82, 2.24) is 10.3 Å². The summed E-state index contributed by atoms with van der Waals surface area (Å²) >= 11 is 0. The molecule has 1 aliphatic heterocycles. The molecule has 0 aliphatic carbocycles. The number of nitrogens with two attached hydrogens (primary N) is 1. The predicted octanol–water partition coefficient (Wildman–Crippen LogP) is 2.05. The zero-order valence-corrected chi connectivity index (χ0v) is 11.1. The fraction of sp³-hybridized carbons (Fsp3) is 0.846. The van der Waals surface area contributed by atoms with E-state index in [0.717, 1.165) is 12.8 Å². The Morgan fingerprint density at radius 2 is 2.06 bits per heavy atom. The van der Waals surface area contributed by atoms with Crippen molar-refractivity contribution in [3.63, 3.8) is 0 Å². The second-order valence-corrected chi connectivity index (χ2v) is 5.29. The van der Waals surface area contributed by atoms with Gasteiger partial charge in [-0.25, -0.2) is 0 Å². The Bertz CT molecular complexity index is 233. The van der Waals surface area contributed by atoms with Crippen molar-refractivity contribution in [2.24, 2.45) is 5.84 Å². The summed E-state index contributed by atoms with van der Waals surface area (Å²) in [5.74, 6) is 5.73. The molecule has 1 fully saturated rings. The van der Waals surface area contributed by atoms with Gasteiger partial charge in [0.2, 0.25) is 0 Å². The third-order valence-electron chi connectivity index (χ3n) is 4.05. The lowest BCUT2D eigenvalue weighted by Gasteiger charge is -2.44. The van der Waals surface area contributed by atoms with Gasteiger partial charge in [0.1, 0.15) is 0 Å². The van der Waals surface area contributed by atoms with Gasteiger partial charge in [-0.2, -0.15) is 0 Å².